The maximum Gasteiger partial charge on any atom is 0.137 e. The molecule has 0 unspecified atom stereocenters. The van der Waals surface area contributed by atoms with Crippen molar-refractivity contribution in [3.63, 3.8) is 0 Å². The highest BCUT2D eigenvalue weighted by Gasteiger charge is 2.61. The molecule has 0 spiro atoms. The Morgan fingerprint density at radius 1 is 0.514 bits per heavy atom. The predicted octanol–water partition coefficient (Wildman–Crippen LogP) is 16.8. The molecule has 2 aromatic heterocycles. The molecule has 18 rings (SSSR count). The average molecular weight is 955 g/mol. The van der Waals surface area contributed by atoms with Crippen LogP contribution in [0.1, 0.15) is 94.2 Å². The molecule has 356 valence electrons. The Bertz CT molecular complexity index is 3990. The molecule has 0 saturated carbocycles. The van der Waals surface area contributed by atoms with Crippen LogP contribution in [0.5, 0.6) is 11.5 Å². The quantitative estimate of drug-likeness (QED) is 0.166. The fraction of sp³-hybridized carbons (Fsp3) is 0.145. The minimum Gasteiger partial charge on any atom is -0.457 e. The normalized spacial score (nSPS) is 18.9. The lowest BCUT2D eigenvalue weighted by Crippen LogP contribution is -2.57. The third-order valence-corrected chi connectivity index (χ3v) is 17.0. The maximum atomic E-state index is 6.95. The van der Waals surface area contributed by atoms with E-state index in [1.165, 1.54) is 78.0 Å². The summed E-state index contributed by atoms with van der Waals surface area (Å²) >= 11 is 0. The Hall–Kier alpha value is -8.67. The SMILES string of the molecule is Cc1cc(-n2c3ccccc3c3ccc(Oc4cccc(N5CN(C67c8ccccc8C(c8ccccc86)C6c8ccccc8C7c7ccccc76)c6ccccc65)c4)cc32)ncc1-c1ccc(C(C)(C)C)cc1. The van der Waals surface area contributed by atoms with Crippen LogP contribution in [0.3, 0.4) is 0 Å². The van der Waals surface area contributed by atoms with Crippen LogP contribution < -0.4 is 14.5 Å². The summed E-state index contributed by atoms with van der Waals surface area (Å²) in [6.07, 6.45) is 2.03. The molecule has 0 N–H and O–H groups in total. The van der Waals surface area contributed by atoms with E-state index >= 15 is 0 Å². The van der Waals surface area contributed by atoms with Gasteiger partial charge in [0.1, 0.15) is 22.9 Å². The second-order valence-electron chi connectivity index (χ2n) is 21.9. The molecule has 1 aliphatic heterocycles. The molecule has 7 aliphatic rings. The molecule has 5 nitrogen and oxygen atoms in total. The lowest BCUT2D eigenvalue weighted by molar-refractivity contribution is 0.376. The van der Waals surface area contributed by atoms with Crippen LogP contribution in [0.2, 0.25) is 0 Å². The summed E-state index contributed by atoms with van der Waals surface area (Å²) in [5.74, 6) is 2.82. The first-order chi connectivity index (χ1) is 36.3. The van der Waals surface area contributed by atoms with Crippen LogP contribution in [0, 0.1) is 6.92 Å². The van der Waals surface area contributed by atoms with Gasteiger partial charge in [-0.25, -0.2) is 4.98 Å². The maximum absolute atomic E-state index is 6.95. The van der Waals surface area contributed by atoms with Gasteiger partial charge in [-0.3, -0.25) is 4.57 Å². The largest absolute Gasteiger partial charge is 0.457 e. The van der Waals surface area contributed by atoms with E-state index in [1.807, 2.05) is 6.20 Å². The molecule has 11 aromatic rings. The zero-order valence-electron chi connectivity index (χ0n) is 42.0. The number of aryl methyl sites for hydroxylation is 1. The van der Waals surface area contributed by atoms with E-state index in [1.54, 1.807) is 0 Å². The van der Waals surface area contributed by atoms with E-state index in [2.05, 4.69) is 260 Å². The van der Waals surface area contributed by atoms with Gasteiger partial charge in [0.25, 0.3) is 0 Å². The fourth-order valence-corrected chi connectivity index (χ4v) is 13.9. The van der Waals surface area contributed by atoms with E-state index in [0.717, 1.165) is 45.0 Å². The van der Waals surface area contributed by atoms with Crippen molar-refractivity contribution in [2.75, 3.05) is 16.5 Å². The molecule has 0 saturated heterocycles. The van der Waals surface area contributed by atoms with E-state index in [-0.39, 0.29) is 23.2 Å². The predicted molar refractivity (Wildman–Crippen MR) is 302 cm³/mol. The Kier molecular flexibility index (Phi) is 9.24. The number of anilines is 3. The van der Waals surface area contributed by atoms with Gasteiger partial charge in [-0.15, -0.1) is 0 Å². The first kappa shape index (κ1) is 43.0. The number of nitrogens with zero attached hydrogens (tertiary/aromatic N) is 4. The highest BCUT2D eigenvalue weighted by atomic mass is 16.5. The third kappa shape index (κ3) is 6.07. The second kappa shape index (κ2) is 15.9. The van der Waals surface area contributed by atoms with E-state index in [4.69, 9.17) is 9.72 Å². The number of benzene rings is 9. The Labute approximate surface area is 432 Å². The van der Waals surface area contributed by atoms with Crippen molar-refractivity contribution in [2.45, 2.75) is 56.4 Å². The monoisotopic (exact) mass is 954 g/mol. The smallest absolute Gasteiger partial charge is 0.137 e. The van der Waals surface area contributed by atoms with E-state index in [9.17, 15) is 0 Å². The number of aromatic nitrogens is 2. The summed E-state index contributed by atoms with van der Waals surface area (Å²) in [7, 11) is 0. The van der Waals surface area contributed by atoms with Crippen molar-refractivity contribution in [2.24, 2.45) is 0 Å². The zero-order valence-corrected chi connectivity index (χ0v) is 42.0. The molecule has 0 fully saturated rings. The molecular weight excluding hydrogens is 901 g/mol. The summed E-state index contributed by atoms with van der Waals surface area (Å²) in [4.78, 5) is 10.4. The average Bonchev–Trinajstić information content (AvgIpc) is 3.97. The lowest BCUT2D eigenvalue weighted by Gasteiger charge is -2.59. The Balaban J connectivity index is 0.829. The van der Waals surface area contributed by atoms with Crippen LogP contribution >= 0.6 is 0 Å². The number of pyridine rings is 1. The van der Waals surface area contributed by atoms with Gasteiger partial charge in [-0.1, -0.05) is 178 Å². The van der Waals surface area contributed by atoms with E-state index < -0.39 is 5.54 Å². The molecular formula is C69H54N4O. The first-order valence-corrected chi connectivity index (χ1v) is 26.2. The molecule has 5 heteroatoms. The van der Waals surface area contributed by atoms with Crippen molar-refractivity contribution in [3.05, 3.63) is 280 Å². The van der Waals surface area contributed by atoms with Crippen molar-refractivity contribution in [1.82, 2.24) is 9.55 Å². The minimum absolute atomic E-state index is 0.0192. The lowest BCUT2D eigenvalue weighted by atomic mass is 9.49. The van der Waals surface area contributed by atoms with Gasteiger partial charge >= 0.3 is 0 Å². The van der Waals surface area contributed by atoms with Crippen LogP contribution in [-0.2, 0) is 11.0 Å². The molecule has 74 heavy (non-hydrogen) atoms. The summed E-state index contributed by atoms with van der Waals surface area (Å²) in [5.41, 5.74) is 21.3. The number of hydrogen-bond donors (Lipinski definition) is 0. The molecule has 6 aliphatic carbocycles. The summed E-state index contributed by atoms with van der Waals surface area (Å²) in [5, 5.41) is 2.33. The van der Waals surface area contributed by atoms with Crippen molar-refractivity contribution < 1.29 is 4.74 Å². The summed E-state index contributed by atoms with van der Waals surface area (Å²) in [6, 6.07) is 81.4. The van der Waals surface area contributed by atoms with Crippen LogP contribution in [0.15, 0.2) is 225 Å². The number of ether oxygens (including phenoxy) is 1. The minimum atomic E-state index is -0.584. The number of rotatable bonds is 6. The molecule has 4 bridgehead atoms. The van der Waals surface area contributed by atoms with Gasteiger partial charge in [-0.2, -0.15) is 0 Å². The molecule has 0 atom stereocenters. The van der Waals surface area contributed by atoms with Gasteiger partial charge in [0, 0.05) is 58.1 Å². The molecule has 0 radical (unpaired) electrons. The summed E-state index contributed by atoms with van der Waals surface area (Å²) < 4.78 is 9.24. The second-order valence-corrected chi connectivity index (χ2v) is 21.9. The van der Waals surface area contributed by atoms with Gasteiger partial charge in [0.15, 0.2) is 0 Å². The van der Waals surface area contributed by atoms with Crippen LogP contribution in [0.4, 0.5) is 17.1 Å². The Morgan fingerprint density at radius 2 is 1.09 bits per heavy atom. The molecule has 9 aromatic carbocycles. The van der Waals surface area contributed by atoms with Gasteiger partial charge < -0.3 is 14.5 Å². The van der Waals surface area contributed by atoms with Crippen molar-refractivity contribution in [3.8, 4) is 28.4 Å². The fourth-order valence-electron chi connectivity index (χ4n) is 13.9. The molecule has 3 heterocycles. The van der Waals surface area contributed by atoms with Crippen LogP contribution in [-0.4, -0.2) is 16.2 Å². The van der Waals surface area contributed by atoms with Crippen molar-refractivity contribution >= 4 is 38.9 Å². The highest BCUT2D eigenvalue weighted by molar-refractivity contribution is 6.09. The zero-order chi connectivity index (χ0) is 49.5. The number of fused-ring (bicyclic) bond motifs is 4. The first-order valence-electron chi connectivity index (χ1n) is 26.2. The summed E-state index contributed by atoms with van der Waals surface area (Å²) in [6.45, 7) is 9.59. The van der Waals surface area contributed by atoms with Crippen molar-refractivity contribution in [1.29, 1.82) is 0 Å². The third-order valence-electron chi connectivity index (χ3n) is 17.0. The van der Waals surface area contributed by atoms with Gasteiger partial charge in [0.2, 0.25) is 0 Å². The van der Waals surface area contributed by atoms with Gasteiger partial charge in [-0.05, 0) is 122 Å². The number of para-hydroxylation sites is 3. The number of hydrogen-bond acceptors (Lipinski definition) is 4. The van der Waals surface area contributed by atoms with E-state index in [0.29, 0.717) is 6.67 Å². The Morgan fingerprint density at radius 3 is 1.78 bits per heavy atom. The highest BCUT2D eigenvalue weighted by Crippen LogP contribution is 2.68. The topological polar surface area (TPSA) is 33.5 Å². The molecule has 0 amide bonds. The van der Waals surface area contributed by atoms with Gasteiger partial charge in [0.05, 0.1) is 29.1 Å². The standard InChI is InChI=1S/C69H54N4O/c1-43-38-64(70-41-57(43)44-32-34-45(35-33-44)68(2,3)4)73-60-29-14-11-20-49(60)50-37-36-48(40-63(50)73)74-47-19-17-18-46(39-47)71-42-72(62-31-16-15-30-61(62)71)69-58-27-12-9-25-55(58)66(56-26-10-13-28-59(56)69)65-51-21-5-7-23-53(51)67(69)54-24-8-6-22-52(54)65/h5-41,65-67H,42H2,1-4H3. The van der Waals surface area contributed by atoms with Crippen LogP contribution in [0.25, 0.3) is 38.8 Å².